The molecule has 0 aromatic heterocycles. The standard InChI is InChI=1S/C20H13ClF3N3O3/c1-19(10-26,16-8-13-6-11(9-25)7-15(21)17(13)29-16)27-18(28)12-2-4-14(5-3-12)30-20(22,23)24/h2-7,16H,8H2,1H3,(H,27,28). The molecular weight excluding hydrogens is 423 g/mol. The van der Waals surface area contributed by atoms with Gasteiger partial charge in [-0.15, -0.1) is 13.2 Å². The molecule has 154 valence electrons. The van der Waals surface area contributed by atoms with E-state index in [-0.39, 0.29) is 17.0 Å². The van der Waals surface area contributed by atoms with Gasteiger partial charge in [0.2, 0.25) is 0 Å². The molecule has 2 unspecified atom stereocenters. The van der Waals surface area contributed by atoms with E-state index in [0.29, 0.717) is 16.9 Å². The van der Waals surface area contributed by atoms with Gasteiger partial charge in [-0.1, -0.05) is 11.6 Å². The Morgan fingerprint density at radius 1 is 1.27 bits per heavy atom. The Balaban J connectivity index is 1.76. The molecule has 1 aliphatic rings. The highest BCUT2D eigenvalue weighted by Gasteiger charge is 2.43. The van der Waals surface area contributed by atoms with Gasteiger partial charge in [0, 0.05) is 17.5 Å². The zero-order valence-electron chi connectivity index (χ0n) is 15.4. The fourth-order valence-electron chi connectivity index (χ4n) is 3.00. The van der Waals surface area contributed by atoms with Gasteiger partial charge in [0.05, 0.1) is 22.7 Å². The number of nitriles is 2. The molecule has 1 aliphatic heterocycles. The summed E-state index contributed by atoms with van der Waals surface area (Å²) in [5.74, 6) is -0.814. The summed E-state index contributed by atoms with van der Waals surface area (Å²) in [6.07, 6.45) is -5.40. The Labute approximate surface area is 174 Å². The van der Waals surface area contributed by atoms with E-state index in [0.717, 1.165) is 24.3 Å². The number of ether oxygens (including phenoxy) is 2. The zero-order chi connectivity index (χ0) is 22.1. The second-order valence-electron chi connectivity index (χ2n) is 6.71. The Kier molecular flexibility index (Phi) is 5.51. The molecule has 2 atom stereocenters. The number of nitrogens with one attached hydrogen (secondary N) is 1. The van der Waals surface area contributed by atoms with Crippen molar-refractivity contribution in [1.29, 1.82) is 10.5 Å². The van der Waals surface area contributed by atoms with Crippen molar-refractivity contribution in [3.63, 3.8) is 0 Å². The van der Waals surface area contributed by atoms with E-state index >= 15 is 0 Å². The minimum atomic E-state index is -4.84. The van der Waals surface area contributed by atoms with Crippen molar-refractivity contribution in [2.45, 2.75) is 31.3 Å². The normalized spacial score (nSPS) is 17.0. The Bertz CT molecular complexity index is 1070. The van der Waals surface area contributed by atoms with Gasteiger partial charge < -0.3 is 14.8 Å². The first-order valence-electron chi connectivity index (χ1n) is 8.53. The van der Waals surface area contributed by atoms with Gasteiger partial charge in [0.15, 0.2) is 5.54 Å². The smallest absolute Gasteiger partial charge is 0.485 e. The highest BCUT2D eigenvalue weighted by molar-refractivity contribution is 6.32. The second kappa shape index (κ2) is 7.77. The number of rotatable bonds is 4. The summed E-state index contributed by atoms with van der Waals surface area (Å²) >= 11 is 6.14. The van der Waals surface area contributed by atoms with Crippen LogP contribution in [0.1, 0.15) is 28.4 Å². The summed E-state index contributed by atoms with van der Waals surface area (Å²) in [6, 6.07) is 11.3. The molecule has 3 rings (SSSR count). The number of benzene rings is 2. The highest BCUT2D eigenvalue weighted by atomic mass is 35.5. The van der Waals surface area contributed by atoms with Crippen LogP contribution in [0.3, 0.4) is 0 Å². The third-order valence-electron chi connectivity index (χ3n) is 4.51. The molecule has 1 N–H and O–H groups in total. The largest absolute Gasteiger partial charge is 0.573 e. The van der Waals surface area contributed by atoms with Crippen LogP contribution in [-0.4, -0.2) is 23.9 Å². The van der Waals surface area contributed by atoms with Crippen LogP contribution in [0.5, 0.6) is 11.5 Å². The quantitative estimate of drug-likeness (QED) is 0.779. The monoisotopic (exact) mass is 435 g/mol. The maximum Gasteiger partial charge on any atom is 0.573 e. The predicted octanol–water partition coefficient (Wildman–Crippen LogP) is 4.13. The van der Waals surface area contributed by atoms with Gasteiger partial charge in [-0.2, -0.15) is 10.5 Å². The van der Waals surface area contributed by atoms with Gasteiger partial charge in [0.1, 0.15) is 17.6 Å². The zero-order valence-corrected chi connectivity index (χ0v) is 16.1. The number of amides is 1. The Morgan fingerprint density at radius 3 is 2.50 bits per heavy atom. The molecule has 0 aliphatic carbocycles. The molecule has 1 heterocycles. The Morgan fingerprint density at radius 2 is 1.93 bits per heavy atom. The van der Waals surface area contributed by atoms with Gasteiger partial charge in [-0.3, -0.25) is 4.79 Å². The molecule has 0 saturated carbocycles. The summed E-state index contributed by atoms with van der Waals surface area (Å²) in [7, 11) is 0. The maximum atomic E-state index is 12.6. The number of carbonyl (C=O) groups is 1. The third-order valence-corrected chi connectivity index (χ3v) is 4.80. The molecule has 2 aromatic rings. The van der Waals surface area contributed by atoms with E-state index < -0.39 is 29.7 Å². The lowest BCUT2D eigenvalue weighted by atomic mass is 9.92. The van der Waals surface area contributed by atoms with Crippen molar-refractivity contribution >= 4 is 17.5 Å². The van der Waals surface area contributed by atoms with Crippen LogP contribution in [-0.2, 0) is 6.42 Å². The number of nitrogens with zero attached hydrogens (tertiary/aromatic N) is 2. The van der Waals surface area contributed by atoms with Crippen molar-refractivity contribution < 1.29 is 27.4 Å². The van der Waals surface area contributed by atoms with Crippen LogP contribution < -0.4 is 14.8 Å². The van der Waals surface area contributed by atoms with Gasteiger partial charge in [-0.05, 0) is 43.3 Å². The first-order chi connectivity index (χ1) is 14.0. The Hall–Kier alpha value is -3.43. The summed E-state index contributed by atoms with van der Waals surface area (Å²) < 4.78 is 46.3. The molecule has 30 heavy (non-hydrogen) atoms. The van der Waals surface area contributed by atoms with Crippen molar-refractivity contribution in [3.8, 4) is 23.6 Å². The summed E-state index contributed by atoms with van der Waals surface area (Å²) in [4.78, 5) is 12.6. The van der Waals surface area contributed by atoms with Gasteiger partial charge in [0.25, 0.3) is 5.91 Å². The average Bonchev–Trinajstić information content (AvgIpc) is 3.12. The van der Waals surface area contributed by atoms with Crippen molar-refractivity contribution in [3.05, 3.63) is 58.1 Å². The minimum absolute atomic E-state index is 0.0336. The third kappa shape index (κ3) is 4.42. The second-order valence-corrected chi connectivity index (χ2v) is 7.12. The van der Waals surface area contributed by atoms with Crippen molar-refractivity contribution in [2.24, 2.45) is 0 Å². The average molecular weight is 436 g/mol. The molecule has 6 nitrogen and oxygen atoms in total. The van der Waals surface area contributed by atoms with Crippen LogP contribution >= 0.6 is 11.6 Å². The first kappa shape index (κ1) is 21.3. The molecule has 0 radical (unpaired) electrons. The number of fused-ring (bicyclic) bond motifs is 1. The molecule has 10 heteroatoms. The van der Waals surface area contributed by atoms with Crippen molar-refractivity contribution in [1.82, 2.24) is 5.32 Å². The van der Waals surface area contributed by atoms with Gasteiger partial charge in [-0.25, -0.2) is 0 Å². The SMILES string of the molecule is CC(C#N)(NC(=O)c1ccc(OC(F)(F)F)cc1)C1Cc2cc(C#N)cc(Cl)c2O1. The van der Waals surface area contributed by atoms with Crippen LogP contribution in [0.25, 0.3) is 0 Å². The lowest BCUT2D eigenvalue weighted by molar-refractivity contribution is -0.274. The topological polar surface area (TPSA) is 95.1 Å². The molecule has 2 aromatic carbocycles. The molecular formula is C20H13ClF3N3O3. The lowest BCUT2D eigenvalue weighted by Crippen LogP contribution is -2.55. The number of halogens is 4. The summed E-state index contributed by atoms with van der Waals surface area (Å²) in [5, 5.41) is 21.5. The summed E-state index contributed by atoms with van der Waals surface area (Å²) in [6.45, 7) is 1.46. The number of alkyl halides is 3. The fourth-order valence-corrected chi connectivity index (χ4v) is 3.28. The maximum absolute atomic E-state index is 12.6. The van der Waals surface area contributed by atoms with E-state index in [9.17, 15) is 23.2 Å². The molecule has 1 amide bonds. The van der Waals surface area contributed by atoms with Crippen LogP contribution in [0.4, 0.5) is 13.2 Å². The van der Waals surface area contributed by atoms with E-state index in [4.69, 9.17) is 21.6 Å². The summed E-state index contributed by atoms with van der Waals surface area (Å²) in [5.41, 5.74) is -0.473. The van der Waals surface area contributed by atoms with E-state index in [1.54, 1.807) is 6.07 Å². The van der Waals surface area contributed by atoms with Crippen LogP contribution in [0.15, 0.2) is 36.4 Å². The van der Waals surface area contributed by atoms with Gasteiger partial charge >= 0.3 is 6.36 Å². The number of carbonyl (C=O) groups excluding carboxylic acids is 1. The molecule has 0 saturated heterocycles. The lowest BCUT2D eigenvalue weighted by Gasteiger charge is -2.29. The first-order valence-corrected chi connectivity index (χ1v) is 8.91. The van der Waals surface area contributed by atoms with Crippen molar-refractivity contribution in [2.75, 3.05) is 0 Å². The molecule has 0 fully saturated rings. The molecule has 0 bridgehead atoms. The number of hydrogen-bond acceptors (Lipinski definition) is 5. The highest BCUT2D eigenvalue weighted by Crippen LogP contribution is 2.39. The van der Waals surface area contributed by atoms with Crippen LogP contribution in [0, 0.1) is 22.7 Å². The van der Waals surface area contributed by atoms with E-state index in [2.05, 4.69) is 10.1 Å². The van der Waals surface area contributed by atoms with Crippen LogP contribution in [0.2, 0.25) is 5.02 Å². The van der Waals surface area contributed by atoms with E-state index in [1.807, 2.05) is 12.1 Å². The minimum Gasteiger partial charge on any atom is -0.485 e. The predicted molar refractivity (Wildman–Crippen MR) is 98.9 cm³/mol. The number of hydrogen-bond donors (Lipinski definition) is 1. The fraction of sp³-hybridized carbons (Fsp3) is 0.250. The van der Waals surface area contributed by atoms with E-state index in [1.165, 1.54) is 13.0 Å². The molecule has 0 spiro atoms.